The van der Waals surface area contributed by atoms with E-state index in [2.05, 4.69) is 29.8 Å². The third-order valence-corrected chi connectivity index (χ3v) is 4.21. The van der Waals surface area contributed by atoms with E-state index in [4.69, 9.17) is 4.74 Å². The molecule has 2 nitrogen and oxygen atoms in total. The van der Waals surface area contributed by atoms with Crippen molar-refractivity contribution >= 4 is 15.9 Å². The van der Waals surface area contributed by atoms with Gasteiger partial charge in [0.25, 0.3) is 0 Å². The van der Waals surface area contributed by atoms with Gasteiger partial charge in [0.1, 0.15) is 5.75 Å². The van der Waals surface area contributed by atoms with Gasteiger partial charge in [0.2, 0.25) is 0 Å². The van der Waals surface area contributed by atoms with E-state index >= 15 is 0 Å². The lowest BCUT2D eigenvalue weighted by molar-refractivity contribution is -0.0207. The number of fused-ring (bicyclic) bond motifs is 1. The fourth-order valence-electron chi connectivity index (χ4n) is 2.37. The van der Waals surface area contributed by atoms with Gasteiger partial charge < -0.3 is 9.84 Å². The van der Waals surface area contributed by atoms with Crippen LogP contribution in [0.1, 0.15) is 43.4 Å². The summed E-state index contributed by atoms with van der Waals surface area (Å²) >= 11 is 3.56. The first-order valence-electron chi connectivity index (χ1n) is 5.50. The summed E-state index contributed by atoms with van der Waals surface area (Å²) in [6.07, 6.45) is 0.853. The molecule has 0 aromatic heterocycles. The summed E-state index contributed by atoms with van der Waals surface area (Å²) in [7, 11) is 1.69. The summed E-state index contributed by atoms with van der Waals surface area (Å²) in [6.45, 7) is 6.18. The predicted molar refractivity (Wildman–Crippen MR) is 68.0 cm³/mol. The van der Waals surface area contributed by atoms with Crippen molar-refractivity contribution in [3.8, 4) is 5.75 Å². The molecule has 2 rings (SSSR count). The molecular weight excluding hydrogens is 268 g/mol. The minimum Gasteiger partial charge on any atom is -0.507 e. The number of aromatic hydroxyl groups is 1. The van der Waals surface area contributed by atoms with Crippen LogP contribution in [-0.2, 0) is 16.8 Å². The van der Waals surface area contributed by atoms with E-state index < -0.39 is 0 Å². The minimum atomic E-state index is -0.327. The molecule has 1 aromatic carbocycles. The third-order valence-electron chi connectivity index (χ3n) is 3.50. The molecule has 0 fully saturated rings. The smallest absolute Gasteiger partial charge is 0.125 e. The van der Waals surface area contributed by atoms with Crippen molar-refractivity contribution in [1.82, 2.24) is 0 Å². The largest absolute Gasteiger partial charge is 0.507 e. The molecular formula is C13H17BrO2. The zero-order chi connectivity index (χ0) is 12.1. The van der Waals surface area contributed by atoms with Gasteiger partial charge in [-0.1, -0.05) is 29.8 Å². The second-order valence-corrected chi connectivity index (χ2v) is 5.77. The van der Waals surface area contributed by atoms with Crippen LogP contribution in [0.4, 0.5) is 0 Å². The quantitative estimate of drug-likeness (QED) is 0.897. The van der Waals surface area contributed by atoms with Crippen LogP contribution in [0.5, 0.6) is 5.75 Å². The highest BCUT2D eigenvalue weighted by atomic mass is 79.9. The lowest BCUT2D eigenvalue weighted by Crippen LogP contribution is -2.38. The number of hydrogen-bond donors (Lipinski definition) is 1. The van der Waals surface area contributed by atoms with Gasteiger partial charge >= 0.3 is 0 Å². The monoisotopic (exact) mass is 284 g/mol. The van der Waals surface area contributed by atoms with Gasteiger partial charge in [-0.3, -0.25) is 0 Å². The van der Waals surface area contributed by atoms with Gasteiger partial charge in [0.15, 0.2) is 0 Å². The van der Waals surface area contributed by atoms with Gasteiger partial charge in [-0.05, 0) is 30.0 Å². The first-order chi connectivity index (χ1) is 7.40. The van der Waals surface area contributed by atoms with E-state index in [0.29, 0.717) is 11.7 Å². The van der Waals surface area contributed by atoms with Crippen molar-refractivity contribution in [2.75, 3.05) is 7.11 Å². The molecule has 0 spiro atoms. The molecule has 0 bridgehead atoms. The summed E-state index contributed by atoms with van der Waals surface area (Å²) in [6, 6.07) is 2.02. The van der Waals surface area contributed by atoms with Crippen LogP contribution in [0.15, 0.2) is 10.5 Å². The zero-order valence-corrected chi connectivity index (χ0v) is 11.7. The van der Waals surface area contributed by atoms with Crippen LogP contribution in [0.25, 0.3) is 0 Å². The Hall–Kier alpha value is -0.540. The number of hydrogen-bond acceptors (Lipinski definition) is 2. The van der Waals surface area contributed by atoms with E-state index in [-0.39, 0.29) is 5.60 Å². The third kappa shape index (κ3) is 1.49. The fraction of sp³-hybridized carbons (Fsp3) is 0.538. The van der Waals surface area contributed by atoms with E-state index in [9.17, 15) is 5.11 Å². The van der Waals surface area contributed by atoms with Gasteiger partial charge in [-0.2, -0.15) is 0 Å². The molecule has 0 heterocycles. The van der Waals surface area contributed by atoms with Crippen LogP contribution in [0.2, 0.25) is 0 Å². The number of benzene rings is 1. The SMILES string of the molecule is COC1(C)Cc2c(Br)cc(C(C)C)c(O)c21. The van der Waals surface area contributed by atoms with Crippen LogP contribution in [-0.4, -0.2) is 12.2 Å². The van der Waals surface area contributed by atoms with Gasteiger partial charge in [-0.15, -0.1) is 0 Å². The molecule has 1 unspecified atom stereocenters. The molecule has 0 aliphatic heterocycles. The summed E-state index contributed by atoms with van der Waals surface area (Å²) < 4.78 is 6.57. The average Bonchev–Trinajstić information content (AvgIpc) is 2.19. The van der Waals surface area contributed by atoms with E-state index in [1.54, 1.807) is 7.11 Å². The zero-order valence-electron chi connectivity index (χ0n) is 10.1. The predicted octanol–water partition coefficient (Wildman–Crippen LogP) is 3.70. The summed E-state index contributed by atoms with van der Waals surface area (Å²) in [5.74, 6) is 0.715. The van der Waals surface area contributed by atoms with Crippen molar-refractivity contribution in [3.63, 3.8) is 0 Å². The topological polar surface area (TPSA) is 29.5 Å². The Balaban J connectivity index is 2.63. The lowest BCUT2D eigenvalue weighted by atomic mass is 9.72. The molecule has 1 N–H and O–H groups in total. The second-order valence-electron chi connectivity index (χ2n) is 4.92. The lowest BCUT2D eigenvalue weighted by Gasteiger charge is -2.41. The maximum atomic E-state index is 10.3. The number of rotatable bonds is 2. The van der Waals surface area contributed by atoms with Crippen molar-refractivity contribution in [2.45, 2.75) is 38.7 Å². The average molecular weight is 285 g/mol. The molecule has 16 heavy (non-hydrogen) atoms. The molecule has 3 heteroatoms. The van der Waals surface area contributed by atoms with Gasteiger partial charge in [0, 0.05) is 23.6 Å². The number of methoxy groups -OCH3 is 1. The normalized spacial score (nSPS) is 23.1. The Bertz CT molecular complexity index is 440. The number of phenols is 1. The first-order valence-corrected chi connectivity index (χ1v) is 6.30. The molecule has 1 aromatic rings. The van der Waals surface area contributed by atoms with Crippen molar-refractivity contribution in [3.05, 3.63) is 27.2 Å². The Morgan fingerprint density at radius 2 is 2.12 bits per heavy atom. The minimum absolute atomic E-state index is 0.309. The standard InChI is InChI=1S/C13H17BrO2/c1-7(2)8-5-10(14)9-6-13(3,16-4)11(9)12(8)15/h5,7,15H,6H2,1-4H3. The molecule has 0 amide bonds. The Morgan fingerprint density at radius 1 is 1.50 bits per heavy atom. The van der Waals surface area contributed by atoms with Crippen molar-refractivity contribution in [1.29, 1.82) is 0 Å². The number of ether oxygens (including phenoxy) is 1. The van der Waals surface area contributed by atoms with Crippen LogP contribution in [0, 0.1) is 0 Å². The summed E-state index contributed by atoms with van der Waals surface area (Å²) in [4.78, 5) is 0. The van der Waals surface area contributed by atoms with Gasteiger partial charge in [-0.25, -0.2) is 0 Å². The second kappa shape index (κ2) is 3.74. The molecule has 0 radical (unpaired) electrons. The van der Waals surface area contributed by atoms with Crippen LogP contribution < -0.4 is 0 Å². The molecule has 88 valence electrons. The van der Waals surface area contributed by atoms with Crippen LogP contribution >= 0.6 is 15.9 Å². The summed E-state index contributed by atoms with van der Waals surface area (Å²) in [5, 5.41) is 10.3. The molecule has 0 saturated heterocycles. The highest BCUT2D eigenvalue weighted by Crippen LogP contribution is 2.51. The highest BCUT2D eigenvalue weighted by Gasteiger charge is 2.43. The van der Waals surface area contributed by atoms with E-state index in [1.807, 2.05) is 13.0 Å². The van der Waals surface area contributed by atoms with E-state index in [1.165, 1.54) is 5.56 Å². The van der Waals surface area contributed by atoms with Crippen LogP contribution in [0.3, 0.4) is 0 Å². The Labute approximate surface area is 105 Å². The number of phenolic OH excluding ortho intramolecular Hbond substituents is 1. The fourth-order valence-corrected chi connectivity index (χ4v) is 2.96. The molecule has 1 aliphatic rings. The molecule has 0 saturated carbocycles. The van der Waals surface area contributed by atoms with Gasteiger partial charge in [0.05, 0.1) is 5.60 Å². The maximum absolute atomic E-state index is 10.3. The van der Waals surface area contributed by atoms with Crippen molar-refractivity contribution < 1.29 is 9.84 Å². The van der Waals surface area contributed by atoms with E-state index in [0.717, 1.165) is 22.0 Å². The maximum Gasteiger partial charge on any atom is 0.125 e. The number of halogens is 1. The Kier molecular flexibility index (Phi) is 2.79. The first kappa shape index (κ1) is 11.9. The Morgan fingerprint density at radius 3 is 2.62 bits per heavy atom. The molecule has 1 atom stereocenters. The van der Waals surface area contributed by atoms with Crippen molar-refractivity contribution in [2.24, 2.45) is 0 Å². The summed E-state index contributed by atoms with van der Waals surface area (Å²) in [5.41, 5.74) is 2.78. The highest BCUT2D eigenvalue weighted by molar-refractivity contribution is 9.10. The molecule has 1 aliphatic carbocycles.